The molecule has 0 radical (unpaired) electrons. The highest BCUT2D eigenvalue weighted by molar-refractivity contribution is 5.85. The maximum atomic E-state index is 13.7. The van der Waals surface area contributed by atoms with Crippen LogP contribution in [0.4, 0.5) is 10.3 Å². The number of anilines is 1. The summed E-state index contributed by atoms with van der Waals surface area (Å²) < 4.78 is 13.7. The molecular formula is C19H15FN4. The van der Waals surface area contributed by atoms with E-state index in [9.17, 15) is 4.39 Å². The van der Waals surface area contributed by atoms with Crippen LogP contribution in [-0.2, 0) is 6.54 Å². The Morgan fingerprint density at radius 3 is 2.71 bits per heavy atom. The second-order valence-corrected chi connectivity index (χ2v) is 5.48. The maximum absolute atomic E-state index is 13.7. The number of H-pyrrole nitrogens is 1. The van der Waals surface area contributed by atoms with E-state index in [0.29, 0.717) is 18.1 Å². The Labute approximate surface area is 138 Å². The molecular weight excluding hydrogens is 303 g/mol. The Kier molecular flexibility index (Phi) is 3.67. The summed E-state index contributed by atoms with van der Waals surface area (Å²) in [5, 5.41) is 4.20. The molecule has 0 amide bonds. The van der Waals surface area contributed by atoms with Crippen molar-refractivity contribution < 1.29 is 4.39 Å². The van der Waals surface area contributed by atoms with Gasteiger partial charge in [0.2, 0.25) is 5.95 Å². The molecule has 24 heavy (non-hydrogen) atoms. The third kappa shape index (κ3) is 2.84. The number of rotatable bonds is 4. The van der Waals surface area contributed by atoms with Crippen molar-refractivity contribution in [2.45, 2.75) is 6.54 Å². The van der Waals surface area contributed by atoms with Crippen molar-refractivity contribution in [1.29, 1.82) is 0 Å². The molecule has 4 aromatic rings. The molecule has 0 atom stereocenters. The van der Waals surface area contributed by atoms with Gasteiger partial charge in [0, 0.05) is 29.2 Å². The molecule has 5 heteroatoms. The van der Waals surface area contributed by atoms with Crippen molar-refractivity contribution in [2.24, 2.45) is 0 Å². The van der Waals surface area contributed by atoms with Crippen LogP contribution in [0.15, 0.2) is 66.9 Å². The van der Waals surface area contributed by atoms with Gasteiger partial charge in [0.1, 0.15) is 5.82 Å². The Bertz CT molecular complexity index is 960. The molecule has 2 aromatic heterocycles. The lowest BCUT2D eigenvalue weighted by molar-refractivity contribution is 0.612. The van der Waals surface area contributed by atoms with E-state index in [-0.39, 0.29) is 5.82 Å². The third-order valence-corrected chi connectivity index (χ3v) is 3.86. The number of aromatic nitrogens is 3. The van der Waals surface area contributed by atoms with E-state index in [1.807, 2.05) is 36.4 Å². The second kappa shape index (κ2) is 6.12. The average Bonchev–Trinajstić information content (AvgIpc) is 3.06. The molecule has 0 saturated carbocycles. The van der Waals surface area contributed by atoms with Crippen LogP contribution >= 0.6 is 0 Å². The molecule has 0 aliphatic carbocycles. The van der Waals surface area contributed by atoms with Crippen LogP contribution in [0.25, 0.3) is 22.3 Å². The van der Waals surface area contributed by atoms with Crippen LogP contribution < -0.4 is 5.32 Å². The number of hydrogen-bond acceptors (Lipinski definition) is 3. The van der Waals surface area contributed by atoms with Gasteiger partial charge in [0.25, 0.3) is 0 Å². The fraction of sp³-hybridized carbons (Fsp3) is 0.0526. The quantitative estimate of drug-likeness (QED) is 0.587. The first-order chi connectivity index (χ1) is 11.8. The first-order valence-corrected chi connectivity index (χ1v) is 7.68. The predicted molar refractivity (Wildman–Crippen MR) is 93.1 cm³/mol. The van der Waals surface area contributed by atoms with Gasteiger partial charge in [-0.2, -0.15) is 0 Å². The number of nitrogens with zero attached hydrogens (tertiary/aromatic N) is 2. The van der Waals surface area contributed by atoms with E-state index in [0.717, 1.165) is 22.3 Å². The lowest BCUT2D eigenvalue weighted by Gasteiger charge is -2.06. The fourth-order valence-electron chi connectivity index (χ4n) is 2.62. The number of hydrogen-bond donors (Lipinski definition) is 2. The number of fused-ring (bicyclic) bond motifs is 1. The molecule has 0 saturated heterocycles. The zero-order valence-electron chi connectivity index (χ0n) is 12.8. The summed E-state index contributed by atoms with van der Waals surface area (Å²) in [5.74, 6) is 0.228. The predicted octanol–water partition coefficient (Wildman–Crippen LogP) is 4.38. The van der Waals surface area contributed by atoms with Crippen LogP contribution in [-0.4, -0.2) is 15.0 Å². The Morgan fingerprint density at radius 2 is 1.83 bits per heavy atom. The van der Waals surface area contributed by atoms with Crippen LogP contribution in [0.1, 0.15) is 5.56 Å². The highest BCUT2D eigenvalue weighted by Crippen LogP contribution is 2.23. The summed E-state index contributed by atoms with van der Waals surface area (Å²) in [5.41, 5.74) is 3.36. The van der Waals surface area contributed by atoms with Crippen molar-refractivity contribution in [1.82, 2.24) is 15.0 Å². The second-order valence-electron chi connectivity index (χ2n) is 5.48. The van der Waals surface area contributed by atoms with Gasteiger partial charge in [0.05, 0.1) is 11.4 Å². The summed E-state index contributed by atoms with van der Waals surface area (Å²) in [6, 6.07) is 18.6. The molecule has 0 unspecified atom stereocenters. The van der Waals surface area contributed by atoms with E-state index < -0.39 is 0 Å². The van der Waals surface area contributed by atoms with Crippen molar-refractivity contribution >= 4 is 16.9 Å². The molecule has 0 aliphatic heterocycles. The monoisotopic (exact) mass is 318 g/mol. The van der Waals surface area contributed by atoms with Crippen LogP contribution in [0, 0.1) is 5.82 Å². The number of aromatic amines is 1. The van der Waals surface area contributed by atoms with Gasteiger partial charge < -0.3 is 10.3 Å². The van der Waals surface area contributed by atoms with E-state index in [1.165, 1.54) is 6.07 Å². The van der Waals surface area contributed by atoms with Crippen LogP contribution in [0.5, 0.6) is 0 Å². The van der Waals surface area contributed by atoms with Gasteiger partial charge >= 0.3 is 0 Å². The molecule has 118 valence electrons. The fourth-order valence-corrected chi connectivity index (χ4v) is 2.62. The zero-order chi connectivity index (χ0) is 16.4. The van der Waals surface area contributed by atoms with Crippen LogP contribution in [0.2, 0.25) is 0 Å². The summed E-state index contributed by atoms with van der Waals surface area (Å²) in [6.45, 7) is 0.336. The summed E-state index contributed by atoms with van der Waals surface area (Å²) >= 11 is 0. The van der Waals surface area contributed by atoms with Gasteiger partial charge in [-0.05, 0) is 24.3 Å². The minimum atomic E-state index is -0.239. The van der Waals surface area contributed by atoms with Gasteiger partial charge in [0.15, 0.2) is 0 Å². The minimum Gasteiger partial charge on any atom is -0.353 e. The Balaban J connectivity index is 1.58. The molecule has 0 bridgehead atoms. The SMILES string of the molecule is Fc1ccccc1CNc1nccc(-c2cc3ccccc3[nH]2)n1. The molecule has 2 N–H and O–H groups in total. The smallest absolute Gasteiger partial charge is 0.223 e. The average molecular weight is 318 g/mol. The van der Waals surface area contributed by atoms with Crippen molar-refractivity contribution in [2.75, 3.05) is 5.32 Å². The topological polar surface area (TPSA) is 53.6 Å². The van der Waals surface area contributed by atoms with Gasteiger partial charge in [-0.25, -0.2) is 14.4 Å². The van der Waals surface area contributed by atoms with Gasteiger partial charge in [-0.15, -0.1) is 0 Å². The normalized spacial score (nSPS) is 10.9. The van der Waals surface area contributed by atoms with Gasteiger partial charge in [-0.3, -0.25) is 0 Å². The molecule has 2 aromatic carbocycles. The molecule has 0 aliphatic rings. The zero-order valence-corrected chi connectivity index (χ0v) is 12.8. The number of nitrogens with one attached hydrogen (secondary N) is 2. The standard InChI is InChI=1S/C19H15FN4/c20-15-7-3-1-6-14(15)12-22-19-21-10-9-17(24-19)18-11-13-5-2-4-8-16(13)23-18/h1-11,23H,12H2,(H,21,22,24). The van der Waals surface area contributed by atoms with Crippen molar-refractivity contribution in [3.8, 4) is 11.4 Å². The summed E-state index contributed by atoms with van der Waals surface area (Å²) in [7, 11) is 0. The largest absolute Gasteiger partial charge is 0.353 e. The number of para-hydroxylation sites is 1. The first-order valence-electron chi connectivity index (χ1n) is 7.68. The maximum Gasteiger partial charge on any atom is 0.223 e. The van der Waals surface area contributed by atoms with Crippen molar-refractivity contribution in [3.63, 3.8) is 0 Å². The molecule has 4 nitrogen and oxygen atoms in total. The molecule has 2 heterocycles. The lowest BCUT2D eigenvalue weighted by atomic mass is 10.2. The Morgan fingerprint density at radius 1 is 1.00 bits per heavy atom. The van der Waals surface area contributed by atoms with Gasteiger partial charge in [-0.1, -0.05) is 36.4 Å². The Hall–Kier alpha value is -3.21. The highest BCUT2D eigenvalue weighted by atomic mass is 19.1. The molecule has 0 spiro atoms. The van der Waals surface area contributed by atoms with Crippen molar-refractivity contribution in [3.05, 3.63) is 78.2 Å². The summed E-state index contributed by atoms with van der Waals surface area (Å²) in [6.07, 6.45) is 1.69. The van der Waals surface area contributed by atoms with E-state index in [2.05, 4.69) is 26.3 Å². The van der Waals surface area contributed by atoms with E-state index in [4.69, 9.17) is 0 Å². The lowest BCUT2D eigenvalue weighted by Crippen LogP contribution is -2.05. The third-order valence-electron chi connectivity index (χ3n) is 3.86. The van der Waals surface area contributed by atoms with E-state index in [1.54, 1.807) is 18.3 Å². The van der Waals surface area contributed by atoms with Crippen LogP contribution in [0.3, 0.4) is 0 Å². The number of benzene rings is 2. The minimum absolute atomic E-state index is 0.239. The first kappa shape index (κ1) is 14.4. The highest BCUT2D eigenvalue weighted by Gasteiger charge is 2.07. The number of halogens is 1. The molecule has 0 fully saturated rings. The summed E-state index contributed by atoms with van der Waals surface area (Å²) in [4.78, 5) is 12.1. The van der Waals surface area contributed by atoms with E-state index >= 15 is 0 Å². The molecule has 4 rings (SSSR count).